The molecule has 0 fully saturated rings. The summed E-state index contributed by atoms with van der Waals surface area (Å²) in [6.45, 7) is 0. The molecule has 2 aromatic carbocycles. The van der Waals surface area contributed by atoms with E-state index in [1.165, 1.54) is 56.6 Å². The maximum Gasteiger partial charge on any atom is 0.264 e. The average Bonchev–Trinajstić information content (AvgIpc) is 2.56. The van der Waals surface area contributed by atoms with Crippen molar-refractivity contribution in [1.29, 1.82) is 0 Å². The number of sulfonamides is 1. The summed E-state index contributed by atoms with van der Waals surface area (Å²) in [6.07, 6.45) is 0. The number of nitrogens with zero attached hydrogens (tertiary/aromatic N) is 1. The molecule has 0 unspecified atom stereocenters. The molecule has 0 radical (unpaired) electrons. The van der Waals surface area contributed by atoms with Crippen LogP contribution < -0.4 is 5.32 Å². The normalized spacial score (nSPS) is 11.5. The molecule has 0 aliphatic rings. The minimum absolute atomic E-state index is 0.0137. The van der Waals surface area contributed by atoms with Crippen molar-refractivity contribution in [2.45, 2.75) is 4.90 Å². The van der Waals surface area contributed by atoms with E-state index < -0.39 is 21.7 Å². The predicted molar refractivity (Wildman–Crippen MR) is 82.8 cm³/mol. The predicted octanol–water partition coefficient (Wildman–Crippen LogP) is 2.26. The third kappa shape index (κ3) is 3.73. The lowest BCUT2D eigenvalue weighted by molar-refractivity contribution is -0.0258. The Hall–Kier alpha value is -2.29. The number of rotatable bonds is 5. The standard InChI is InChI=1S/C15H15FN2O4S/c1-18(22-2)23(20,21)12-7-5-6-11(10-12)15(19)17-14-9-4-3-8-13(14)16/h3-10H,1-2H3,(H,17,19). The quantitative estimate of drug-likeness (QED) is 0.849. The smallest absolute Gasteiger partial charge is 0.264 e. The molecule has 23 heavy (non-hydrogen) atoms. The van der Waals surface area contributed by atoms with Crippen LogP contribution in [0.15, 0.2) is 53.4 Å². The highest BCUT2D eigenvalue weighted by molar-refractivity contribution is 7.89. The molecule has 0 spiro atoms. The lowest BCUT2D eigenvalue weighted by Gasteiger charge is -2.14. The van der Waals surface area contributed by atoms with E-state index in [1.54, 1.807) is 6.07 Å². The maximum absolute atomic E-state index is 13.6. The van der Waals surface area contributed by atoms with Crippen LogP contribution in [0.4, 0.5) is 10.1 Å². The largest absolute Gasteiger partial charge is 0.319 e. The Morgan fingerprint density at radius 1 is 1.17 bits per heavy atom. The third-order valence-corrected chi connectivity index (χ3v) is 4.79. The Kier molecular flexibility index (Phi) is 5.09. The van der Waals surface area contributed by atoms with Gasteiger partial charge < -0.3 is 5.32 Å². The highest BCUT2D eigenvalue weighted by Crippen LogP contribution is 2.18. The summed E-state index contributed by atoms with van der Waals surface area (Å²) in [5, 5.41) is 2.39. The molecule has 0 aromatic heterocycles. The molecule has 2 aromatic rings. The summed E-state index contributed by atoms with van der Waals surface area (Å²) in [4.78, 5) is 16.7. The number of para-hydroxylation sites is 1. The molecule has 122 valence electrons. The molecule has 2 rings (SSSR count). The second-order valence-electron chi connectivity index (χ2n) is 4.56. The van der Waals surface area contributed by atoms with Gasteiger partial charge in [0.05, 0.1) is 17.7 Å². The van der Waals surface area contributed by atoms with Crippen LogP contribution in [0.5, 0.6) is 0 Å². The Balaban J connectivity index is 2.30. The van der Waals surface area contributed by atoms with Crippen molar-refractivity contribution in [2.24, 2.45) is 0 Å². The van der Waals surface area contributed by atoms with E-state index in [2.05, 4.69) is 10.2 Å². The Labute approximate surface area is 133 Å². The van der Waals surface area contributed by atoms with Gasteiger partial charge >= 0.3 is 0 Å². The zero-order chi connectivity index (χ0) is 17.0. The third-order valence-electron chi connectivity index (χ3n) is 3.11. The van der Waals surface area contributed by atoms with Crippen molar-refractivity contribution in [3.63, 3.8) is 0 Å². The first-order chi connectivity index (χ1) is 10.9. The molecule has 0 bridgehead atoms. The fourth-order valence-electron chi connectivity index (χ4n) is 1.80. The number of hydrogen-bond acceptors (Lipinski definition) is 4. The van der Waals surface area contributed by atoms with Gasteiger partial charge in [-0.05, 0) is 30.3 Å². The van der Waals surface area contributed by atoms with Gasteiger partial charge in [-0.15, -0.1) is 0 Å². The average molecular weight is 338 g/mol. The first-order valence-corrected chi connectivity index (χ1v) is 7.99. The van der Waals surface area contributed by atoms with E-state index in [9.17, 15) is 17.6 Å². The number of hydrogen-bond donors (Lipinski definition) is 1. The van der Waals surface area contributed by atoms with Gasteiger partial charge in [-0.2, -0.15) is 0 Å². The Bertz CT molecular complexity index is 824. The van der Waals surface area contributed by atoms with E-state index in [-0.39, 0.29) is 16.1 Å². The molecule has 0 atom stereocenters. The van der Waals surface area contributed by atoms with Gasteiger partial charge in [-0.25, -0.2) is 12.8 Å². The highest BCUT2D eigenvalue weighted by Gasteiger charge is 2.22. The van der Waals surface area contributed by atoms with E-state index in [0.717, 1.165) is 0 Å². The van der Waals surface area contributed by atoms with Gasteiger partial charge in [0.15, 0.2) is 0 Å². The van der Waals surface area contributed by atoms with E-state index in [0.29, 0.717) is 4.47 Å². The first kappa shape index (κ1) is 17.1. The SMILES string of the molecule is CON(C)S(=O)(=O)c1cccc(C(=O)Nc2ccccc2F)c1. The second-order valence-corrected chi connectivity index (χ2v) is 6.49. The molecule has 0 aliphatic carbocycles. The summed E-state index contributed by atoms with van der Waals surface area (Å²) in [5.74, 6) is -1.20. The van der Waals surface area contributed by atoms with Crippen molar-refractivity contribution in [1.82, 2.24) is 4.47 Å². The van der Waals surface area contributed by atoms with Gasteiger partial charge in [0, 0.05) is 12.6 Å². The van der Waals surface area contributed by atoms with Gasteiger partial charge in [0.2, 0.25) is 0 Å². The number of halogens is 1. The van der Waals surface area contributed by atoms with Gasteiger partial charge in [0.25, 0.3) is 15.9 Å². The molecule has 0 heterocycles. The lowest BCUT2D eigenvalue weighted by atomic mass is 10.2. The molecular formula is C15H15FN2O4S. The van der Waals surface area contributed by atoms with E-state index >= 15 is 0 Å². The minimum Gasteiger partial charge on any atom is -0.319 e. The van der Waals surface area contributed by atoms with Crippen LogP contribution in [-0.2, 0) is 14.9 Å². The molecule has 6 nitrogen and oxygen atoms in total. The van der Waals surface area contributed by atoms with Gasteiger partial charge in [-0.3, -0.25) is 9.63 Å². The summed E-state index contributed by atoms with van der Waals surface area (Å²) < 4.78 is 38.6. The first-order valence-electron chi connectivity index (χ1n) is 6.55. The Morgan fingerprint density at radius 2 is 1.87 bits per heavy atom. The fraction of sp³-hybridized carbons (Fsp3) is 0.133. The number of benzene rings is 2. The van der Waals surface area contributed by atoms with Gasteiger partial charge in [-0.1, -0.05) is 22.7 Å². The van der Waals surface area contributed by atoms with Crippen LogP contribution in [0.25, 0.3) is 0 Å². The number of carbonyl (C=O) groups excluding carboxylic acids is 1. The van der Waals surface area contributed by atoms with E-state index in [4.69, 9.17) is 0 Å². The topological polar surface area (TPSA) is 75.7 Å². The molecule has 8 heteroatoms. The zero-order valence-corrected chi connectivity index (χ0v) is 13.3. The monoisotopic (exact) mass is 338 g/mol. The number of nitrogens with one attached hydrogen (secondary N) is 1. The van der Waals surface area contributed by atoms with Crippen molar-refractivity contribution in [3.8, 4) is 0 Å². The molecule has 0 aliphatic heterocycles. The van der Waals surface area contributed by atoms with Crippen LogP contribution in [-0.4, -0.2) is 33.0 Å². The summed E-state index contributed by atoms with van der Waals surface area (Å²) >= 11 is 0. The van der Waals surface area contributed by atoms with Crippen LogP contribution in [0.2, 0.25) is 0 Å². The van der Waals surface area contributed by atoms with Crippen molar-refractivity contribution in [2.75, 3.05) is 19.5 Å². The molecule has 1 N–H and O–H groups in total. The van der Waals surface area contributed by atoms with E-state index in [1.807, 2.05) is 0 Å². The van der Waals surface area contributed by atoms with Crippen LogP contribution in [0.3, 0.4) is 0 Å². The molecule has 1 amide bonds. The summed E-state index contributed by atoms with van der Waals surface area (Å²) in [5.41, 5.74) is 0.0959. The van der Waals surface area contributed by atoms with Gasteiger partial charge in [0.1, 0.15) is 5.82 Å². The fourth-order valence-corrected chi connectivity index (χ4v) is 2.82. The highest BCUT2D eigenvalue weighted by atomic mass is 32.2. The van der Waals surface area contributed by atoms with Crippen LogP contribution in [0, 0.1) is 5.82 Å². The Morgan fingerprint density at radius 3 is 2.52 bits per heavy atom. The zero-order valence-electron chi connectivity index (χ0n) is 12.5. The molecule has 0 saturated heterocycles. The van der Waals surface area contributed by atoms with Crippen LogP contribution >= 0.6 is 0 Å². The lowest BCUT2D eigenvalue weighted by Crippen LogP contribution is -2.26. The minimum atomic E-state index is -3.87. The number of anilines is 1. The summed E-state index contributed by atoms with van der Waals surface area (Å²) in [7, 11) is -1.42. The molecular weight excluding hydrogens is 323 g/mol. The maximum atomic E-state index is 13.6. The van der Waals surface area contributed by atoms with Crippen LogP contribution in [0.1, 0.15) is 10.4 Å². The summed E-state index contributed by atoms with van der Waals surface area (Å²) in [6, 6.07) is 11.1. The number of hydroxylamine groups is 1. The van der Waals surface area contributed by atoms with Crippen molar-refractivity contribution in [3.05, 3.63) is 59.9 Å². The molecule has 0 saturated carbocycles. The second kappa shape index (κ2) is 6.86. The van der Waals surface area contributed by atoms with Crippen molar-refractivity contribution < 1.29 is 22.4 Å². The number of amides is 1. The van der Waals surface area contributed by atoms with Crippen molar-refractivity contribution >= 4 is 21.6 Å². The number of carbonyl (C=O) groups is 1.